The molecule has 0 heterocycles. The van der Waals surface area contributed by atoms with Gasteiger partial charge in [0.05, 0.1) is 0 Å². The van der Waals surface area contributed by atoms with Gasteiger partial charge in [0.15, 0.2) is 0 Å². The smallest absolute Gasteiger partial charge is 0.428 e. The molecule has 0 amide bonds. The number of hydrogen-bond donors (Lipinski definition) is 0. The maximum absolute atomic E-state index is 13.9. The summed E-state index contributed by atoms with van der Waals surface area (Å²) < 4.78 is 84.4. The van der Waals surface area contributed by atoms with Crippen molar-refractivity contribution < 1.29 is 35.9 Å². The van der Waals surface area contributed by atoms with Gasteiger partial charge in [-0.05, 0) is 63.2 Å². The molecule has 0 N–H and O–H groups in total. The lowest BCUT2D eigenvalue weighted by molar-refractivity contribution is -0.322. The summed E-state index contributed by atoms with van der Waals surface area (Å²) in [6.45, 7) is 3.31. The lowest BCUT2D eigenvalue weighted by Crippen LogP contribution is -2.64. The first-order valence-electron chi connectivity index (χ1n) is 8.33. The van der Waals surface area contributed by atoms with Gasteiger partial charge in [0.25, 0.3) is 0 Å². The average molecular weight is 370 g/mol. The highest BCUT2D eigenvalue weighted by Crippen LogP contribution is 2.67. The van der Waals surface area contributed by atoms with Gasteiger partial charge in [0.2, 0.25) is 5.60 Å². The van der Waals surface area contributed by atoms with Gasteiger partial charge in [-0.1, -0.05) is 6.58 Å². The Morgan fingerprint density at radius 3 is 1.68 bits per heavy atom. The van der Waals surface area contributed by atoms with Gasteiger partial charge >= 0.3 is 18.3 Å². The van der Waals surface area contributed by atoms with E-state index in [9.17, 15) is 31.1 Å². The second-order valence-corrected chi connectivity index (χ2v) is 8.09. The van der Waals surface area contributed by atoms with E-state index in [4.69, 9.17) is 0 Å². The molecule has 0 saturated heterocycles. The minimum Gasteiger partial charge on any atom is -0.445 e. The molecular formula is C17H20F6O2. The molecule has 4 rings (SSSR count). The molecule has 0 aromatic rings. The van der Waals surface area contributed by atoms with Crippen molar-refractivity contribution >= 4 is 5.97 Å². The second kappa shape index (κ2) is 5.39. The number of alkyl halides is 6. The van der Waals surface area contributed by atoms with Crippen molar-refractivity contribution in [2.45, 2.75) is 63.4 Å². The van der Waals surface area contributed by atoms with Crippen LogP contribution >= 0.6 is 0 Å². The van der Waals surface area contributed by atoms with Crippen molar-refractivity contribution in [2.24, 2.45) is 23.2 Å². The van der Waals surface area contributed by atoms with Crippen LogP contribution in [-0.2, 0) is 9.53 Å². The highest BCUT2D eigenvalue weighted by molar-refractivity contribution is 5.89. The van der Waals surface area contributed by atoms with E-state index in [0.29, 0.717) is 0 Å². The fourth-order valence-corrected chi connectivity index (χ4v) is 5.52. The largest absolute Gasteiger partial charge is 0.445 e. The first-order chi connectivity index (χ1) is 11.3. The Morgan fingerprint density at radius 2 is 1.36 bits per heavy atom. The van der Waals surface area contributed by atoms with Gasteiger partial charge in [-0.25, -0.2) is 4.79 Å². The van der Waals surface area contributed by atoms with Crippen molar-refractivity contribution in [3.63, 3.8) is 0 Å². The van der Waals surface area contributed by atoms with E-state index in [1.54, 1.807) is 0 Å². The predicted octanol–water partition coefficient (Wildman–Crippen LogP) is 5.19. The number of hydrogen-bond acceptors (Lipinski definition) is 2. The number of esters is 1. The van der Waals surface area contributed by atoms with Crippen LogP contribution in [0, 0.1) is 23.2 Å². The monoisotopic (exact) mass is 370 g/mol. The molecular weight excluding hydrogens is 350 g/mol. The molecule has 142 valence electrons. The molecule has 25 heavy (non-hydrogen) atoms. The van der Waals surface area contributed by atoms with Gasteiger partial charge in [0, 0.05) is 5.41 Å². The van der Waals surface area contributed by atoms with Crippen LogP contribution in [0.1, 0.15) is 45.4 Å². The Kier molecular flexibility index (Phi) is 4.01. The third-order valence-electron chi connectivity index (χ3n) is 6.48. The fraction of sp³-hybridized carbons (Fsp3) is 0.824. The summed E-state index contributed by atoms with van der Waals surface area (Å²) in [4.78, 5) is 11.8. The summed E-state index contributed by atoms with van der Waals surface area (Å²) in [7, 11) is 0. The summed E-state index contributed by atoms with van der Waals surface area (Å²) >= 11 is 0. The lowest BCUT2D eigenvalue weighted by Gasteiger charge is -2.62. The van der Waals surface area contributed by atoms with Crippen molar-refractivity contribution in [3.05, 3.63) is 12.2 Å². The van der Waals surface area contributed by atoms with Crippen LogP contribution in [0.15, 0.2) is 12.2 Å². The normalized spacial score (nSPS) is 36.8. The molecule has 0 radical (unpaired) electrons. The molecule has 2 nitrogen and oxygen atoms in total. The highest BCUT2D eigenvalue weighted by Gasteiger charge is 2.70. The Labute approximate surface area is 141 Å². The Morgan fingerprint density at radius 1 is 0.960 bits per heavy atom. The Balaban J connectivity index is 1.95. The first-order valence-corrected chi connectivity index (χ1v) is 8.33. The summed E-state index contributed by atoms with van der Waals surface area (Å²) in [5, 5.41) is 0. The van der Waals surface area contributed by atoms with E-state index in [-0.39, 0.29) is 37.0 Å². The summed E-state index contributed by atoms with van der Waals surface area (Å²) in [6, 6.07) is 0. The number of halogens is 6. The van der Waals surface area contributed by atoms with E-state index >= 15 is 0 Å². The number of carbonyl (C=O) groups is 1. The topological polar surface area (TPSA) is 26.3 Å². The predicted molar refractivity (Wildman–Crippen MR) is 76.4 cm³/mol. The quantitative estimate of drug-likeness (QED) is 0.388. The first kappa shape index (κ1) is 18.6. The number of ether oxygens (including phenoxy) is 1. The number of rotatable bonds is 3. The van der Waals surface area contributed by atoms with Gasteiger partial charge in [-0.3, -0.25) is 0 Å². The molecule has 4 aliphatic rings. The number of carbonyl (C=O) groups excluding carboxylic acids is 1. The van der Waals surface area contributed by atoms with E-state index in [2.05, 4.69) is 11.3 Å². The minimum atomic E-state index is -5.12. The van der Waals surface area contributed by atoms with Gasteiger partial charge in [-0.2, -0.15) is 26.3 Å². The van der Waals surface area contributed by atoms with Crippen LogP contribution in [0.2, 0.25) is 0 Å². The molecule has 4 bridgehead atoms. The molecule has 8 heteroatoms. The fourth-order valence-electron chi connectivity index (χ4n) is 5.52. The standard InChI is InChI=1S/C17H20F6O2/c1-9(16(18,19)20)13(24)25-14(2,17(21,22)23)15-6-10-3-11(7-15)5-12(4-10)8-15/h10-12H,1,3-8H2,2H3. The van der Waals surface area contributed by atoms with E-state index in [0.717, 1.165) is 26.2 Å². The van der Waals surface area contributed by atoms with Gasteiger partial charge < -0.3 is 4.74 Å². The molecule has 1 atom stereocenters. The Bertz CT molecular complexity index is 556. The summed E-state index contributed by atoms with van der Waals surface area (Å²) in [5.41, 5.74) is -6.20. The molecule has 4 saturated carbocycles. The van der Waals surface area contributed by atoms with Crippen LogP contribution in [-0.4, -0.2) is 23.9 Å². The highest BCUT2D eigenvalue weighted by atomic mass is 19.4. The molecule has 0 aromatic carbocycles. The maximum atomic E-state index is 13.9. The van der Waals surface area contributed by atoms with Crippen LogP contribution in [0.4, 0.5) is 26.3 Å². The zero-order chi connectivity index (χ0) is 18.8. The van der Waals surface area contributed by atoms with E-state index < -0.39 is 34.9 Å². The molecule has 0 aromatic heterocycles. The maximum Gasteiger partial charge on any atom is 0.428 e. The van der Waals surface area contributed by atoms with Crippen LogP contribution in [0.3, 0.4) is 0 Å². The zero-order valence-corrected chi connectivity index (χ0v) is 13.8. The second-order valence-electron chi connectivity index (χ2n) is 8.09. The van der Waals surface area contributed by atoms with Gasteiger partial charge in [0.1, 0.15) is 5.57 Å². The SMILES string of the molecule is C=C(C(=O)OC(C)(C(F)(F)F)C12CC3CC(CC(C3)C1)C2)C(F)(F)F. The van der Waals surface area contributed by atoms with Gasteiger partial charge in [-0.15, -0.1) is 0 Å². The van der Waals surface area contributed by atoms with Crippen LogP contribution in [0.25, 0.3) is 0 Å². The summed E-state index contributed by atoms with van der Waals surface area (Å²) in [5.74, 6) is -1.67. The zero-order valence-electron chi connectivity index (χ0n) is 13.8. The van der Waals surface area contributed by atoms with Crippen molar-refractivity contribution in [1.82, 2.24) is 0 Å². The molecule has 1 unspecified atom stereocenters. The molecule has 4 aliphatic carbocycles. The lowest BCUT2D eigenvalue weighted by atomic mass is 9.45. The molecule has 0 aliphatic heterocycles. The van der Waals surface area contributed by atoms with E-state index in [1.165, 1.54) is 0 Å². The van der Waals surface area contributed by atoms with Crippen molar-refractivity contribution in [2.75, 3.05) is 0 Å². The molecule has 4 fully saturated rings. The third kappa shape index (κ3) is 2.85. The van der Waals surface area contributed by atoms with Crippen molar-refractivity contribution in [3.8, 4) is 0 Å². The molecule has 0 spiro atoms. The van der Waals surface area contributed by atoms with Crippen LogP contribution < -0.4 is 0 Å². The van der Waals surface area contributed by atoms with Crippen molar-refractivity contribution in [1.29, 1.82) is 0 Å². The Hall–Kier alpha value is -1.21. The van der Waals surface area contributed by atoms with E-state index in [1.807, 2.05) is 0 Å². The van der Waals surface area contributed by atoms with Crippen LogP contribution in [0.5, 0.6) is 0 Å². The average Bonchev–Trinajstić information content (AvgIpc) is 2.42. The summed E-state index contributed by atoms with van der Waals surface area (Å²) in [6.07, 6.45) is -6.79. The minimum absolute atomic E-state index is 0.123. The third-order valence-corrected chi connectivity index (χ3v) is 6.48.